The highest BCUT2D eigenvalue weighted by atomic mass is 19.1. The first-order valence-electron chi connectivity index (χ1n) is 6.17. The van der Waals surface area contributed by atoms with E-state index in [1.54, 1.807) is 6.07 Å². The summed E-state index contributed by atoms with van der Waals surface area (Å²) in [5, 5.41) is 10.1. The molecule has 1 atom stereocenters. The molecule has 0 aliphatic rings. The van der Waals surface area contributed by atoms with E-state index in [0.29, 0.717) is 6.54 Å². The van der Waals surface area contributed by atoms with Crippen LogP contribution in [0.2, 0.25) is 0 Å². The second-order valence-electron chi connectivity index (χ2n) is 4.63. The SMILES string of the molecule is CCCCN(C)CC(O)c1ccc(F)cc1C. The Bertz CT molecular complexity index is 354. The number of likely N-dealkylation sites (N-methyl/N-ethyl adjacent to an activating group) is 1. The molecule has 0 spiro atoms. The topological polar surface area (TPSA) is 23.5 Å². The Morgan fingerprint density at radius 2 is 2.12 bits per heavy atom. The summed E-state index contributed by atoms with van der Waals surface area (Å²) in [5.74, 6) is -0.252. The lowest BCUT2D eigenvalue weighted by atomic mass is 10.0. The van der Waals surface area contributed by atoms with Gasteiger partial charge in [-0.3, -0.25) is 0 Å². The summed E-state index contributed by atoms with van der Waals surface area (Å²) >= 11 is 0. The van der Waals surface area contributed by atoms with E-state index in [4.69, 9.17) is 0 Å². The molecule has 0 heterocycles. The second-order valence-corrected chi connectivity index (χ2v) is 4.63. The number of nitrogens with zero attached hydrogens (tertiary/aromatic N) is 1. The first-order valence-corrected chi connectivity index (χ1v) is 6.17. The third-order valence-electron chi connectivity index (χ3n) is 2.97. The summed E-state index contributed by atoms with van der Waals surface area (Å²) in [4.78, 5) is 2.11. The van der Waals surface area contributed by atoms with Crippen LogP contribution in [-0.4, -0.2) is 30.1 Å². The van der Waals surface area contributed by atoms with Crippen molar-refractivity contribution in [2.24, 2.45) is 0 Å². The zero-order valence-electron chi connectivity index (χ0n) is 10.9. The standard InChI is InChI=1S/C14H22FNO/c1-4-5-8-16(3)10-14(17)13-7-6-12(15)9-11(13)2/h6-7,9,14,17H,4-5,8,10H2,1-3H3. The van der Waals surface area contributed by atoms with Crippen molar-refractivity contribution in [3.8, 4) is 0 Å². The maximum atomic E-state index is 12.9. The van der Waals surface area contributed by atoms with Crippen molar-refractivity contribution < 1.29 is 9.50 Å². The Kier molecular flexibility index (Phi) is 5.59. The van der Waals surface area contributed by atoms with Crippen LogP contribution in [0.25, 0.3) is 0 Å². The van der Waals surface area contributed by atoms with Crippen molar-refractivity contribution in [3.05, 3.63) is 35.1 Å². The molecule has 96 valence electrons. The van der Waals surface area contributed by atoms with E-state index < -0.39 is 6.10 Å². The average molecular weight is 239 g/mol. The van der Waals surface area contributed by atoms with Crippen molar-refractivity contribution in [3.63, 3.8) is 0 Å². The quantitative estimate of drug-likeness (QED) is 0.825. The maximum Gasteiger partial charge on any atom is 0.123 e. The average Bonchev–Trinajstić information content (AvgIpc) is 2.26. The van der Waals surface area contributed by atoms with Crippen molar-refractivity contribution in [2.45, 2.75) is 32.8 Å². The zero-order valence-corrected chi connectivity index (χ0v) is 10.9. The highest BCUT2D eigenvalue weighted by Crippen LogP contribution is 2.19. The first-order chi connectivity index (χ1) is 8.04. The van der Waals surface area contributed by atoms with Gasteiger partial charge in [0, 0.05) is 6.54 Å². The van der Waals surface area contributed by atoms with Gasteiger partial charge in [-0.1, -0.05) is 19.4 Å². The van der Waals surface area contributed by atoms with Gasteiger partial charge in [-0.2, -0.15) is 0 Å². The molecule has 0 radical (unpaired) electrons. The molecule has 0 fully saturated rings. The fraction of sp³-hybridized carbons (Fsp3) is 0.571. The Balaban J connectivity index is 2.60. The van der Waals surface area contributed by atoms with E-state index in [2.05, 4.69) is 11.8 Å². The minimum Gasteiger partial charge on any atom is -0.387 e. The summed E-state index contributed by atoms with van der Waals surface area (Å²) < 4.78 is 12.9. The number of aryl methyl sites for hydroxylation is 1. The number of aliphatic hydroxyl groups is 1. The van der Waals surface area contributed by atoms with Gasteiger partial charge in [0.2, 0.25) is 0 Å². The number of hydrogen-bond donors (Lipinski definition) is 1. The Labute approximate surface area is 103 Å². The third kappa shape index (κ3) is 4.44. The van der Waals surface area contributed by atoms with Gasteiger partial charge in [0.05, 0.1) is 6.10 Å². The molecule has 0 aliphatic heterocycles. The fourth-order valence-corrected chi connectivity index (χ4v) is 1.93. The van der Waals surface area contributed by atoms with Gasteiger partial charge in [-0.05, 0) is 50.2 Å². The molecule has 1 aromatic carbocycles. The van der Waals surface area contributed by atoms with Crippen molar-refractivity contribution in [2.75, 3.05) is 20.1 Å². The molecule has 1 aromatic rings. The van der Waals surface area contributed by atoms with Gasteiger partial charge >= 0.3 is 0 Å². The fourth-order valence-electron chi connectivity index (χ4n) is 1.93. The van der Waals surface area contributed by atoms with Crippen LogP contribution in [0.15, 0.2) is 18.2 Å². The highest BCUT2D eigenvalue weighted by molar-refractivity contribution is 5.28. The van der Waals surface area contributed by atoms with Gasteiger partial charge in [0.15, 0.2) is 0 Å². The van der Waals surface area contributed by atoms with Gasteiger partial charge < -0.3 is 10.0 Å². The Morgan fingerprint density at radius 1 is 1.41 bits per heavy atom. The van der Waals surface area contributed by atoms with Crippen LogP contribution in [0.4, 0.5) is 4.39 Å². The number of benzene rings is 1. The molecular weight excluding hydrogens is 217 g/mol. The largest absolute Gasteiger partial charge is 0.387 e. The molecule has 17 heavy (non-hydrogen) atoms. The molecule has 1 rings (SSSR count). The minimum atomic E-state index is -0.544. The van der Waals surface area contributed by atoms with E-state index in [9.17, 15) is 9.50 Å². The molecule has 1 N–H and O–H groups in total. The van der Waals surface area contributed by atoms with Gasteiger partial charge in [0.1, 0.15) is 5.82 Å². The summed E-state index contributed by atoms with van der Waals surface area (Å²) in [6.07, 6.45) is 1.74. The number of aliphatic hydroxyl groups excluding tert-OH is 1. The maximum absolute atomic E-state index is 12.9. The Hall–Kier alpha value is -0.930. The van der Waals surface area contributed by atoms with E-state index in [1.165, 1.54) is 12.1 Å². The number of halogens is 1. The molecule has 0 aliphatic carbocycles. The third-order valence-corrected chi connectivity index (χ3v) is 2.97. The molecule has 0 bridgehead atoms. The Morgan fingerprint density at radius 3 is 2.71 bits per heavy atom. The monoisotopic (exact) mass is 239 g/mol. The molecular formula is C14H22FNO. The van der Waals surface area contributed by atoms with E-state index in [0.717, 1.165) is 30.5 Å². The van der Waals surface area contributed by atoms with Crippen LogP contribution in [0.1, 0.15) is 37.0 Å². The van der Waals surface area contributed by atoms with Crippen LogP contribution >= 0.6 is 0 Å². The predicted molar refractivity (Wildman–Crippen MR) is 68.5 cm³/mol. The first kappa shape index (κ1) is 14.1. The van der Waals surface area contributed by atoms with Crippen LogP contribution in [0, 0.1) is 12.7 Å². The predicted octanol–water partition coefficient (Wildman–Crippen LogP) is 2.90. The number of hydrogen-bond acceptors (Lipinski definition) is 2. The summed E-state index contributed by atoms with van der Waals surface area (Å²) in [5.41, 5.74) is 1.62. The highest BCUT2D eigenvalue weighted by Gasteiger charge is 2.13. The molecule has 0 saturated carbocycles. The van der Waals surface area contributed by atoms with E-state index in [-0.39, 0.29) is 5.82 Å². The zero-order chi connectivity index (χ0) is 12.8. The summed E-state index contributed by atoms with van der Waals surface area (Å²) in [7, 11) is 2.00. The molecule has 0 aromatic heterocycles. The van der Waals surface area contributed by atoms with Crippen LogP contribution < -0.4 is 0 Å². The van der Waals surface area contributed by atoms with Gasteiger partial charge in [-0.15, -0.1) is 0 Å². The van der Waals surface area contributed by atoms with Crippen LogP contribution in [0.5, 0.6) is 0 Å². The second kappa shape index (κ2) is 6.72. The lowest BCUT2D eigenvalue weighted by molar-refractivity contribution is 0.125. The molecule has 3 heteroatoms. The van der Waals surface area contributed by atoms with E-state index >= 15 is 0 Å². The van der Waals surface area contributed by atoms with Gasteiger partial charge in [-0.25, -0.2) is 4.39 Å². The summed E-state index contributed by atoms with van der Waals surface area (Å²) in [6.45, 7) is 5.54. The smallest absolute Gasteiger partial charge is 0.123 e. The molecule has 2 nitrogen and oxygen atoms in total. The minimum absolute atomic E-state index is 0.252. The van der Waals surface area contributed by atoms with Crippen LogP contribution in [-0.2, 0) is 0 Å². The molecule has 0 saturated heterocycles. The van der Waals surface area contributed by atoms with Crippen molar-refractivity contribution in [1.29, 1.82) is 0 Å². The van der Waals surface area contributed by atoms with Crippen molar-refractivity contribution in [1.82, 2.24) is 4.90 Å². The van der Waals surface area contributed by atoms with E-state index in [1.807, 2.05) is 14.0 Å². The lowest BCUT2D eigenvalue weighted by Gasteiger charge is -2.21. The molecule has 1 unspecified atom stereocenters. The lowest BCUT2D eigenvalue weighted by Crippen LogP contribution is -2.26. The summed E-state index contributed by atoms with van der Waals surface area (Å²) in [6, 6.07) is 4.53. The number of unbranched alkanes of at least 4 members (excludes halogenated alkanes) is 1. The van der Waals surface area contributed by atoms with Crippen LogP contribution in [0.3, 0.4) is 0 Å². The van der Waals surface area contributed by atoms with Crippen molar-refractivity contribution >= 4 is 0 Å². The number of rotatable bonds is 6. The van der Waals surface area contributed by atoms with Gasteiger partial charge in [0.25, 0.3) is 0 Å². The molecule has 0 amide bonds. The normalized spacial score (nSPS) is 13.1.